The summed E-state index contributed by atoms with van der Waals surface area (Å²) < 4.78 is 33.9. The van der Waals surface area contributed by atoms with Gasteiger partial charge in [0.25, 0.3) is 10.0 Å². The molecule has 0 spiro atoms. The van der Waals surface area contributed by atoms with Crippen LogP contribution in [0.5, 0.6) is 5.75 Å². The third-order valence-electron chi connectivity index (χ3n) is 6.28. The molecule has 8 nitrogen and oxygen atoms in total. The zero-order valence-corrected chi connectivity index (χ0v) is 26.2. The van der Waals surface area contributed by atoms with Crippen LogP contribution in [0, 0.1) is 5.92 Å². The molecule has 3 rings (SSSR count). The van der Waals surface area contributed by atoms with Gasteiger partial charge < -0.3 is 15.0 Å². The van der Waals surface area contributed by atoms with Gasteiger partial charge in [-0.2, -0.15) is 0 Å². The molecule has 1 N–H and O–H groups in total. The predicted octanol–water partition coefficient (Wildman–Crippen LogP) is 6.04. The topological polar surface area (TPSA) is 96.0 Å². The zero-order chi connectivity index (χ0) is 30.3. The minimum Gasteiger partial charge on any atom is -0.497 e. The number of hydrogen-bond donors (Lipinski definition) is 1. The Balaban J connectivity index is 2.05. The second-order valence-corrected chi connectivity index (χ2v) is 12.8. The standard InChI is InChI=1S/C29H32Cl3N3O5S/c1-19(2)16-33-29(37)20(3)34(17-25-26(31)6-5-7-27(25)32)28(36)18-35(22-10-8-21(30)9-11-22)41(38,39)24-14-12-23(40-4)13-15-24/h5-15,19-20H,16-18H2,1-4H3,(H,33,37)/t20-/m1/s1. The molecule has 1 atom stereocenters. The Kier molecular flexibility index (Phi) is 11.3. The van der Waals surface area contributed by atoms with Crippen molar-refractivity contribution in [3.63, 3.8) is 0 Å². The molecule has 0 heterocycles. The average Bonchev–Trinajstić information content (AvgIpc) is 2.94. The summed E-state index contributed by atoms with van der Waals surface area (Å²) in [5, 5.41) is 3.85. The highest BCUT2D eigenvalue weighted by Gasteiger charge is 2.33. The molecule has 2 amide bonds. The maximum atomic E-state index is 14.0. The summed E-state index contributed by atoms with van der Waals surface area (Å²) >= 11 is 18.9. The van der Waals surface area contributed by atoms with E-state index in [-0.39, 0.29) is 23.0 Å². The lowest BCUT2D eigenvalue weighted by Gasteiger charge is -2.32. The molecule has 0 aromatic heterocycles. The third kappa shape index (κ3) is 8.29. The molecule has 3 aromatic carbocycles. The number of carbonyl (C=O) groups is 2. The van der Waals surface area contributed by atoms with Crippen molar-refractivity contribution in [2.75, 3.05) is 24.5 Å². The first kappa shape index (κ1) is 32.5. The predicted molar refractivity (Wildman–Crippen MR) is 163 cm³/mol. The van der Waals surface area contributed by atoms with E-state index in [0.29, 0.717) is 32.9 Å². The summed E-state index contributed by atoms with van der Waals surface area (Å²) in [7, 11) is -2.77. The van der Waals surface area contributed by atoms with Crippen LogP contribution in [0.25, 0.3) is 0 Å². The normalized spacial score (nSPS) is 12.1. The maximum absolute atomic E-state index is 14.0. The summed E-state index contributed by atoms with van der Waals surface area (Å²) in [5.74, 6) is -0.378. The summed E-state index contributed by atoms with van der Waals surface area (Å²) in [6, 6.07) is 15.8. The Morgan fingerprint density at radius 1 is 0.902 bits per heavy atom. The number of amides is 2. The van der Waals surface area contributed by atoms with Gasteiger partial charge in [-0.15, -0.1) is 0 Å². The number of methoxy groups -OCH3 is 1. The van der Waals surface area contributed by atoms with Crippen LogP contribution >= 0.6 is 34.8 Å². The first-order valence-electron chi connectivity index (χ1n) is 12.8. The quantitative estimate of drug-likeness (QED) is 0.261. The van der Waals surface area contributed by atoms with Crippen molar-refractivity contribution in [1.29, 1.82) is 0 Å². The van der Waals surface area contributed by atoms with Crippen molar-refractivity contribution in [3.05, 3.63) is 87.4 Å². The van der Waals surface area contributed by atoms with Gasteiger partial charge in [0.15, 0.2) is 0 Å². The largest absolute Gasteiger partial charge is 0.497 e. The highest BCUT2D eigenvalue weighted by molar-refractivity contribution is 7.92. The second-order valence-electron chi connectivity index (χ2n) is 9.70. The van der Waals surface area contributed by atoms with Gasteiger partial charge in [-0.05, 0) is 73.5 Å². The monoisotopic (exact) mass is 639 g/mol. The fourth-order valence-electron chi connectivity index (χ4n) is 3.90. The van der Waals surface area contributed by atoms with E-state index in [1.54, 1.807) is 25.1 Å². The van der Waals surface area contributed by atoms with Crippen LogP contribution in [-0.4, -0.2) is 51.4 Å². The molecule has 0 radical (unpaired) electrons. The van der Waals surface area contributed by atoms with Crippen LogP contribution < -0.4 is 14.4 Å². The van der Waals surface area contributed by atoms with E-state index in [1.807, 2.05) is 13.8 Å². The van der Waals surface area contributed by atoms with Gasteiger partial charge >= 0.3 is 0 Å². The van der Waals surface area contributed by atoms with Gasteiger partial charge in [0.1, 0.15) is 18.3 Å². The molecule has 220 valence electrons. The lowest BCUT2D eigenvalue weighted by molar-refractivity contribution is -0.139. The molecule has 3 aromatic rings. The summed E-state index contributed by atoms with van der Waals surface area (Å²) in [6.07, 6.45) is 0. The van der Waals surface area contributed by atoms with Gasteiger partial charge in [0.2, 0.25) is 11.8 Å². The molecule has 0 unspecified atom stereocenters. The van der Waals surface area contributed by atoms with E-state index in [4.69, 9.17) is 39.5 Å². The van der Waals surface area contributed by atoms with Crippen molar-refractivity contribution in [1.82, 2.24) is 10.2 Å². The van der Waals surface area contributed by atoms with Gasteiger partial charge in [-0.1, -0.05) is 54.7 Å². The highest BCUT2D eigenvalue weighted by Crippen LogP contribution is 2.29. The van der Waals surface area contributed by atoms with Crippen molar-refractivity contribution < 1.29 is 22.7 Å². The second kappa shape index (κ2) is 14.3. The van der Waals surface area contributed by atoms with Crippen molar-refractivity contribution in [3.8, 4) is 5.75 Å². The molecular formula is C29H32Cl3N3O5S. The van der Waals surface area contributed by atoms with E-state index in [9.17, 15) is 18.0 Å². The highest BCUT2D eigenvalue weighted by atomic mass is 35.5. The van der Waals surface area contributed by atoms with E-state index in [0.717, 1.165) is 4.31 Å². The lowest BCUT2D eigenvalue weighted by Crippen LogP contribution is -2.51. The Bertz CT molecular complexity index is 1450. The van der Waals surface area contributed by atoms with Crippen LogP contribution in [0.2, 0.25) is 15.1 Å². The summed E-state index contributed by atoms with van der Waals surface area (Å²) in [4.78, 5) is 28.3. The first-order valence-corrected chi connectivity index (χ1v) is 15.3. The van der Waals surface area contributed by atoms with Gasteiger partial charge in [0.05, 0.1) is 17.7 Å². The molecule has 0 saturated heterocycles. The third-order valence-corrected chi connectivity index (χ3v) is 9.03. The minimum absolute atomic E-state index is 0.0514. The molecule has 0 saturated carbocycles. The van der Waals surface area contributed by atoms with Gasteiger partial charge in [-0.25, -0.2) is 8.42 Å². The minimum atomic E-state index is -4.24. The van der Waals surface area contributed by atoms with E-state index in [2.05, 4.69) is 5.32 Å². The Hall–Kier alpha value is -2.98. The number of carbonyl (C=O) groups excluding carboxylic acids is 2. The number of rotatable bonds is 12. The molecule has 0 aliphatic rings. The van der Waals surface area contributed by atoms with Crippen molar-refractivity contribution >= 4 is 62.3 Å². The Morgan fingerprint density at radius 2 is 1.49 bits per heavy atom. The average molecular weight is 641 g/mol. The zero-order valence-electron chi connectivity index (χ0n) is 23.1. The number of hydrogen-bond acceptors (Lipinski definition) is 5. The number of nitrogens with zero attached hydrogens (tertiary/aromatic N) is 2. The van der Waals surface area contributed by atoms with Gasteiger partial charge in [-0.3, -0.25) is 13.9 Å². The van der Waals surface area contributed by atoms with Crippen LogP contribution in [0.4, 0.5) is 5.69 Å². The molecular weight excluding hydrogens is 609 g/mol. The van der Waals surface area contributed by atoms with Gasteiger partial charge in [0, 0.05) is 33.7 Å². The smallest absolute Gasteiger partial charge is 0.264 e. The summed E-state index contributed by atoms with van der Waals surface area (Å²) in [5.41, 5.74) is 0.648. The number of ether oxygens (including phenoxy) is 1. The number of nitrogens with one attached hydrogen (secondary N) is 1. The maximum Gasteiger partial charge on any atom is 0.264 e. The molecule has 0 aliphatic heterocycles. The van der Waals surface area contributed by atoms with Crippen LogP contribution in [0.1, 0.15) is 26.3 Å². The molecule has 41 heavy (non-hydrogen) atoms. The van der Waals surface area contributed by atoms with Crippen LogP contribution in [0.3, 0.4) is 0 Å². The molecule has 0 aliphatic carbocycles. The number of sulfonamides is 1. The van der Waals surface area contributed by atoms with Crippen LogP contribution in [-0.2, 0) is 26.2 Å². The van der Waals surface area contributed by atoms with Crippen LogP contribution in [0.15, 0.2) is 71.6 Å². The Morgan fingerprint density at radius 3 is 2.02 bits per heavy atom. The van der Waals surface area contributed by atoms with E-state index in [1.165, 1.54) is 60.5 Å². The van der Waals surface area contributed by atoms with E-state index < -0.39 is 34.4 Å². The molecule has 12 heteroatoms. The fourth-order valence-corrected chi connectivity index (χ4v) is 5.96. The molecule has 0 bridgehead atoms. The Labute approximate surface area is 256 Å². The number of benzene rings is 3. The van der Waals surface area contributed by atoms with Crippen molar-refractivity contribution in [2.24, 2.45) is 5.92 Å². The number of anilines is 1. The molecule has 0 fully saturated rings. The fraction of sp³-hybridized carbons (Fsp3) is 0.310. The first-order chi connectivity index (χ1) is 19.3. The lowest BCUT2D eigenvalue weighted by atomic mass is 10.1. The SMILES string of the molecule is COc1ccc(S(=O)(=O)N(CC(=O)N(Cc2c(Cl)cccc2Cl)[C@H](C)C(=O)NCC(C)C)c2ccc(Cl)cc2)cc1. The van der Waals surface area contributed by atoms with E-state index >= 15 is 0 Å². The summed E-state index contributed by atoms with van der Waals surface area (Å²) in [6.45, 7) is 5.14. The van der Waals surface area contributed by atoms with Crippen molar-refractivity contribution in [2.45, 2.75) is 38.3 Å². The number of halogens is 3.